The number of halogens is 1. The van der Waals surface area contributed by atoms with Crippen LogP contribution in [0.4, 0.5) is 0 Å². The number of amidine groups is 1. The summed E-state index contributed by atoms with van der Waals surface area (Å²) in [7, 11) is 0. The van der Waals surface area contributed by atoms with E-state index in [0.29, 0.717) is 11.7 Å². The van der Waals surface area contributed by atoms with Crippen molar-refractivity contribution >= 4 is 45.0 Å². The second-order valence-electron chi connectivity index (χ2n) is 5.35. The summed E-state index contributed by atoms with van der Waals surface area (Å²) in [6.07, 6.45) is 1.69. The lowest BCUT2D eigenvalue weighted by atomic mass is 10.2. The normalized spacial score (nSPS) is 19.6. The number of thioether (sulfide) groups is 1. The van der Waals surface area contributed by atoms with Gasteiger partial charge in [-0.3, -0.25) is 9.69 Å². The van der Waals surface area contributed by atoms with Crippen LogP contribution in [0, 0.1) is 0 Å². The fourth-order valence-corrected chi connectivity index (χ4v) is 3.45. The van der Waals surface area contributed by atoms with Crippen LogP contribution in [0.25, 0.3) is 0 Å². The highest BCUT2D eigenvalue weighted by atomic mass is 79.9. The number of rotatable bonds is 4. The lowest BCUT2D eigenvalue weighted by Gasteiger charge is -2.15. The first-order valence-electron chi connectivity index (χ1n) is 7.52. The lowest BCUT2D eigenvalue weighted by molar-refractivity contribution is -0.126. The number of hydrogen-bond donors (Lipinski definition) is 0. The maximum Gasteiger partial charge on any atom is 0.242 e. The number of amides is 1. The summed E-state index contributed by atoms with van der Waals surface area (Å²) in [6, 6.07) is 17.7. The molecule has 1 aliphatic heterocycles. The Morgan fingerprint density at radius 3 is 2.58 bits per heavy atom. The van der Waals surface area contributed by atoms with Gasteiger partial charge in [-0.05, 0) is 30.2 Å². The molecule has 1 aliphatic rings. The van der Waals surface area contributed by atoms with Gasteiger partial charge in [0.25, 0.3) is 0 Å². The summed E-state index contributed by atoms with van der Waals surface area (Å²) in [5.74, 6) is 0.0708. The zero-order valence-corrected chi connectivity index (χ0v) is 15.5. The van der Waals surface area contributed by atoms with Gasteiger partial charge >= 0.3 is 0 Å². The molecule has 2 aromatic rings. The lowest BCUT2D eigenvalue weighted by Crippen LogP contribution is -2.30. The van der Waals surface area contributed by atoms with E-state index in [4.69, 9.17) is 0 Å². The molecule has 0 radical (unpaired) electrons. The summed E-state index contributed by atoms with van der Waals surface area (Å²) in [5, 5.41) is 8.92. The Balaban J connectivity index is 1.76. The second kappa shape index (κ2) is 7.77. The fraction of sp³-hybridized carbons (Fsp3) is 0.167. The average molecular weight is 402 g/mol. The van der Waals surface area contributed by atoms with Gasteiger partial charge in [0.2, 0.25) is 5.91 Å². The summed E-state index contributed by atoms with van der Waals surface area (Å²) in [6.45, 7) is 2.41. The average Bonchev–Trinajstić information content (AvgIpc) is 2.85. The molecule has 3 rings (SSSR count). The molecule has 1 atom stereocenters. The Bertz CT molecular complexity index is 775. The van der Waals surface area contributed by atoms with Gasteiger partial charge in [-0.2, -0.15) is 5.10 Å². The van der Waals surface area contributed by atoms with Crippen molar-refractivity contribution in [2.45, 2.75) is 18.7 Å². The molecule has 2 aromatic carbocycles. The number of carbonyl (C=O) groups excluding carboxylic acids is 1. The van der Waals surface area contributed by atoms with Crippen molar-refractivity contribution in [3.63, 3.8) is 0 Å². The van der Waals surface area contributed by atoms with Gasteiger partial charge in [-0.15, -0.1) is 5.10 Å². The van der Waals surface area contributed by atoms with E-state index in [0.717, 1.165) is 15.6 Å². The van der Waals surface area contributed by atoms with E-state index in [2.05, 4.69) is 26.1 Å². The summed E-state index contributed by atoms with van der Waals surface area (Å²) in [4.78, 5) is 14.1. The molecule has 1 heterocycles. The summed E-state index contributed by atoms with van der Waals surface area (Å²) in [5.41, 5.74) is 2.03. The van der Waals surface area contributed by atoms with E-state index in [-0.39, 0.29) is 11.2 Å². The number of carbonyl (C=O) groups is 1. The largest absolute Gasteiger partial charge is 0.284 e. The minimum atomic E-state index is -0.129. The molecule has 0 bridgehead atoms. The maximum absolute atomic E-state index is 12.4. The highest BCUT2D eigenvalue weighted by Gasteiger charge is 2.35. The van der Waals surface area contributed by atoms with Crippen molar-refractivity contribution in [1.29, 1.82) is 0 Å². The Labute approximate surface area is 153 Å². The molecule has 1 fully saturated rings. The van der Waals surface area contributed by atoms with Crippen LogP contribution in [0.2, 0.25) is 0 Å². The van der Waals surface area contributed by atoms with E-state index in [1.54, 1.807) is 11.1 Å². The minimum absolute atomic E-state index is 0.0708. The van der Waals surface area contributed by atoms with Crippen LogP contribution in [-0.2, 0) is 11.3 Å². The predicted octanol–water partition coefficient (Wildman–Crippen LogP) is 4.30. The van der Waals surface area contributed by atoms with Crippen molar-refractivity contribution in [2.75, 3.05) is 0 Å². The smallest absolute Gasteiger partial charge is 0.242 e. The van der Waals surface area contributed by atoms with Crippen LogP contribution < -0.4 is 0 Å². The van der Waals surface area contributed by atoms with Crippen molar-refractivity contribution in [1.82, 2.24) is 4.90 Å². The maximum atomic E-state index is 12.4. The van der Waals surface area contributed by atoms with E-state index < -0.39 is 0 Å². The third-order valence-corrected chi connectivity index (χ3v) is 5.13. The van der Waals surface area contributed by atoms with Gasteiger partial charge in [0.05, 0.1) is 18.0 Å². The molecule has 1 saturated heterocycles. The van der Waals surface area contributed by atoms with Crippen LogP contribution >= 0.6 is 27.7 Å². The first-order valence-corrected chi connectivity index (χ1v) is 9.19. The van der Waals surface area contributed by atoms with Crippen molar-refractivity contribution in [3.05, 3.63) is 70.2 Å². The standard InChI is InChI=1S/C18H16BrN3OS/c1-13-17(23)22(12-15-5-3-2-4-6-15)18(24-13)21-20-11-14-7-9-16(19)10-8-14/h2-11,13H,12H2,1H3/b20-11-,21-18+/t13-/m0/s1. The van der Waals surface area contributed by atoms with E-state index in [1.807, 2.05) is 61.5 Å². The topological polar surface area (TPSA) is 45.0 Å². The van der Waals surface area contributed by atoms with Crippen LogP contribution in [0.5, 0.6) is 0 Å². The molecular weight excluding hydrogens is 386 g/mol. The number of hydrogen-bond acceptors (Lipinski definition) is 4. The van der Waals surface area contributed by atoms with Crippen molar-refractivity contribution < 1.29 is 4.79 Å². The third-order valence-electron chi connectivity index (χ3n) is 3.53. The van der Waals surface area contributed by atoms with Crippen LogP contribution in [0.1, 0.15) is 18.1 Å². The van der Waals surface area contributed by atoms with Crippen molar-refractivity contribution in [2.24, 2.45) is 10.2 Å². The number of benzene rings is 2. The fourth-order valence-electron chi connectivity index (χ4n) is 2.27. The third kappa shape index (κ3) is 4.13. The van der Waals surface area contributed by atoms with E-state index in [1.165, 1.54) is 11.8 Å². The number of nitrogens with zero attached hydrogens (tertiary/aromatic N) is 3. The minimum Gasteiger partial charge on any atom is -0.284 e. The molecule has 6 heteroatoms. The molecule has 0 spiro atoms. The Hall–Kier alpha value is -1.92. The molecule has 4 nitrogen and oxygen atoms in total. The van der Waals surface area contributed by atoms with Gasteiger partial charge in [0, 0.05) is 4.47 Å². The van der Waals surface area contributed by atoms with E-state index >= 15 is 0 Å². The summed E-state index contributed by atoms with van der Waals surface area (Å²) >= 11 is 4.84. The van der Waals surface area contributed by atoms with E-state index in [9.17, 15) is 4.79 Å². The monoisotopic (exact) mass is 401 g/mol. The molecule has 0 saturated carbocycles. The van der Waals surface area contributed by atoms with Gasteiger partial charge < -0.3 is 0 Å². The highest BCUT2D eigenvalue weighted by molar-refractivity contribution is 9.10. The first-order chi connectivity index (χ1) is 11.6. The van der Waals surface area contributed by atoms with Crippen LogP contribution in [-0.4, -0.2) is 27.4 Å². The van der Waals surface area contributed by atoms with Crippen molar-refractivity contribution in [3.8, 4) is 0 Å². The first kappa shape index (κ1) is 16.9. The van der Waals surface area contributed by atoms with Gasteiger partial charge in [-0.25, -0.2) is 0 Å². The molecule has 0 N–H and O–H groups in total. The SMILES string of the molecule is C[C@@H]1S/C(=N/N=C\c2ccc(Br)cc2)N(Cc2ccccc2)C1=O. The van der Waals surface area contributed by atoms with Gasteiger partial charge in [-0.1, -0.05) is 70.2 Å². The Morgan fingerprint density at radius 1 is 1.17 bits per heavy atom. The molecule has 24 heavy (non-hydrogen) atoms. The van der Waals surface area contributed by atoms with Gasteiger partial charge in [0.15, 0.2) is 5.17 Å². The summed E-state index contributed by atoms with van der Waals surface area (Å²) < 4.78 is 1.02. The zero-order valence-electron chi connectivity index (χ0n) is 13.1. The molecular formula is C18H16BrN3OS. The highest BCUT2D eigenvalue weighted by Crippen LogP contribution is 2.28. The Morgan fingerprint density at radius 2 is 1.88 bits per heavy atom. The zero-order chi connectivity index (χ0) is 16.9. The van der Waals surface area contributed by atoms with Crippen LogP contribution in [0.3, 0.4) is 0 Å². The second-order valence-corrected chi connectivity index (χ2v) is 7.57. The molecule has 0 unspecified atom stereocenters. The Kier molecular flexibility index (Phi) is 5.48. The molecule has 1 amide bonds. The van der Waals surface area contributed by atoms with Crippen LogP contribution in [0.15, 0.2) is 69.3 Å². The molecule has 0 aliphatic carbocycles. The predicted molar refractivity (Wildman–Crippen MR) is 103 cm³/mol. The quantitative estimate of drug-likeness (QED) is 0.565. The molecule has 122 valence electrons. The molecule has 0 aromatic heterocycles. The van der Waals surface area contributed by atoms with Gasteiger partial charge in [0.1, 0.15) is 0 Å².